The Kier molecular flexibility index (Phi) is 4.92. The number of anilines is 1. The monoisotopic (exact) mass is 316 g/mol. The fraction of sp³-hybridized carbons (Fsp3) is 0. The Labute approximate surface area is 141 Å². The molecule has 3 aromatic carbocycles. The Morgan fingerprint density at radius 2 is 1.09 bits per heavy atom. The maximum Gasteiger partial charge on any atom is 0.197 e. The second-order valence-corrected chi connectivity index (χ2v) is 5.38. The van der Waals surface area contributed by atoms with Crippen LogP contribution in [-0.2, 0) is 0 Å². The smallest absolute Gasteiger partial charge is 0.197 e. The molecule has 0 saturated carbocycles. The number of benzene rings is 3. The molecule has 0 bridgehead atoms. The van der Waals surface area contributed by atoms with E-state index >= 15 is 0 Å². The lowest BCUT2D eigenvalue weighted by atomic mass is 10.0. The highest BCUT2D eigenvalue weighted by atomic mass is 32.1. The van der Waals surface area contributed by atoms with Crippen molar-refractivity contribution in [2.75, 3.05) is 5.32 Å². The van der Waals surface area contributed by atoms with Gasteiger partial charge in [-0.1, -0.05) is 78.9 Å². The van der Waals surface area contributed by atoms with E-state index in [4.69, 9.17) is 12.2 Å². The Morgan fingerprint density at radius 1 is 0.652 bits per heavy atom. The van der Waals surface area contributed by atoms with Crippen LogP contribution in [0.5, 0.6) is 0 Å². The van der Waals surface area contributed by atoms with Crippen LogP contribution in [-0.4, -0.2) is 10.8 Å². The molecule has 0 aliphatic heterocycles. The minimum absolute atomic E-state index is 0.443. The zero-order valence-corrected chi connectivity index (χ0v) is 13.3. The molecule has 0 spiro atoms. The molecule has 0 aliphatic rings. The largest absolute Gasteiger partial charge is 0.331 e. The first-order valence-corrected chi connectivity index (χ1v) is 7.79. The van der Waals surface area contributed by atoms with Gasteiger partial charge in [0.15, 0.2) is 5.11 Å². The molecule has 0 heterocycles. The SMILES string of the molecule is S=C(N=C(c1ccccc1)c1ccccc1)Nc1ccccc1. The van der Waals surface area contributed by atoms with Gasteiger partial charge in [0.2, 0.25) is 0 Å². The van der Waals surface area contributed by atoms with E-state index < -0.39 is 0 Å². The molecule has 23 heavy (non-hydrogen) atoms. The summed E-state index contributed by atoms with van der Waals surface area (Å²) >= 11 is 5.41. The normalized spacial score (nSPS) is 9.91. The Hall–Kier alpha value is -2.78. The summed E-state index contributed by atoms with van der Waals surface area (Å²) in [6, 6.07) is 30.0. The third kappa shape index (κ3) is 4.11. The lowest BCUT2D eigenvalue weighted by Gasteiger charge is -2.09. The predicted octanol–water partition coefficient (Wildman–Crippen LogP) is 4.92. The number of thiocarbonyl (C=S) groups is 1. The van der Waals surface area contributed by atoms with Crippen LogP contribution >= 0.6 is 12.2 Å². The first kappa shape index (κ1) is 15.1. The van der Waals surface area contributed by atoms with E-state index in [-0.39, 0.29) is 0 Å². The Bertz CT molecular complexity index is 755. The summed E-state index contributed by atoms with van der Waals surface area (Å²) in [4.78, 5) is 4.65. The first-order valence-electron chi connectivity index (χ1n) is 7.38. The summed E-state index contributed by atoms with van der Waals surface area (Å²) in [5.74, 6) is 0. The van der Waals surface area contributed by atoms with Gasteiger partial charge in [0, 0.05) is 16.8 Å². The molecule has 0 atom stereocenters. The van der Waals surface area contributed by atoms with Crippen LogP contribution in [0.4, 0.5) is 5.69 Å². The molecular weight excluding hydrogens is 300 g/mol. The number of nitrogens with one attached hydrogen (secondary N) is 1. The Morgan fingerprint density at radius 3 is 1.57 bits per heavy atom. The van der Waals surface area contributed by atoms with E-state index in [2.05, 4.69) is 10.3 Å². The zero-order valence-electron chi connectivity index (χ0n) is 12.5. The van der Waals surface area contributed by atoms with Crippen LogP contribution in [0, 0.1) is 0 Å². The number of aliphatic imine (C=N–C) groups is 1. The maximum atomic E-state index is 5.41. The second kappa shape index (κ2) is 7.47. The minimum Gasteiger partial charge on any atom is -0.331 e. The van der Waals surface area contributed by atoms with E-state index in [1.165, 1.54) is 0 Å². The zero-order chi connectivity index (χ0) is 15.9. The van der Waals surface area contributed by atoms with Crippen molar-refractivity contribution in [1.29, 1.82) is 0 Å². The number of rotatable bonds is 3. The van der Waals surface area contributed by atoms with E-state index in [1.54, 1.807) is 0 Å². The van der Waals surface area contributed by atoms with Gasteiger partial charge in [0.25, 0.3) is 0 Å². The molecule has 0 unspecified atom stereocenters. The predicted molar refractivity (Wildman–Crippen MR) is 101 cm³/mol. The van der Waals surface area contributed by atoms with Crippen LogP contribution in [0.1, 0.15) is 11.1 Å². The van der Waals surface area contributed by atoms with Crippen LogP contribution in [0.25, 0.3) is 0 Å². The molecular formula is C20H16N2S. The topological polar surface area (TPSA) is 24.4 Å². The third-order valence-electron chi connectivity index (χ3n) is 3.33. The van der Waals surface area contributed by atoms with Gasteiger partial charge in [-0.05, 0) is 24.4 Å². The van der Waals surface area contributed by atoms with Gasteiger partial charge in [0.05, 0.1) is 5.71 Å². The average Bonchev–Trinajstić information content (AvgIpc) is 2.62. The van der Waals surface area contributed by atoms with E-state index in [0.29, 0.717) is 5.11 Å². The van der Waals surface area contributed by atoms with Gasteiger partial charge in [0.1, 0.15) is 0 Å². The number of nitrogens with zero attached hydrogens (tertiary/aromatic N) is 1. The summed E-state index contributed by atoms with van der Waals surface area (Å²) in [5, 5.41) is 3.60. The van der Waals surface area contributed by atoms with Crippen molar-refractivity contribution in [3.8, 4) is 0 Å². The fourth-order valence-corrected chi connectivity index (χ4v) is 2.47. The van der Waals surface area contributed by atoms with Gasteiger partial charge in [-0.25, -0.2) is 4.99 Å². The quantitative estimate of drug-likeness (QED) is 0.548. The molecule has 0 aromatic heterocycles. The maximum absolute atomic E-state index is 5.41. The number of para-hydroxylation sites is 1. The van der Waals surface area contributed by atoms with Gasteiger partial charge in [-0.15, -0.1) is 0 Å². The average molecular weight is 316 g/mol. The highest BCUT2D eigenvalue weighted by Gasteiger charge is 2.07. The molecule has 3 aromatic rings. The fourth-order valence-electron chi connectivity index (χ4n) is 2.26. The minimum atomic E-state index is 0.443. The molecule has 2 nitrogen and oxygen atoms in total. The van der Waals surface area contributed by atoms with Crippen molar-refractivity contribution in [3.05, 3.63) is 102 Å². The van der Waals surface area contributed by atoms with Gasteiger partial charge >= 0.3 is 0 Å². The lowest BCUT2D eigenvalue weighted by Crippen LogP contribution is -2.12. The van der Waals surface area contributed by atoms with E-state index in [9.17, 15) is 0 Å². The number of hydrogen-bond acceptors (Lipinski definition) is 1. The molecule has 0 radical (unpaired) electrons. The van der Waals surface area contributed by atoms with Gasteiger partial charge < -0.3 is 5.32 Å². The molecule has 0 fully saturated rings. The highest BCUT2D eigenvalue weighted by molar-refractivity contribution is 7.80. The van der Waals surface area contributed by atoms with Crippen molar-refractivity contribution < 1.29 is 0 Å². The van der Waals surface area contributed by atoms with Crippen LogP contribution < -0.4 is 5.32 Å². The molecule has 3 heteroatoms. The van der Waals surface area contributed by atoms with Crippen molar-refractivity contribution in [2.45, 2.75) is 0 Å². The molecule has 3 rings (SSSR count). The van der Waals surface area contributed by atoms with E-state index in [1.807, 2.05) is 91.0 Å². The first-order chi connectivity index (χ1) is 11.3. The molecule has 1 N–H and O–H groups in total. The van der Waals surface area contributed by atoms with Crippen LogP contribution in [0.2, 0.25) is 0 Å². The molecule has 0 aliphatic carbocycles. The highest BCUT2D eigenvalue weighted by Crippen LogP contribution is 2.12. The summed E-state index contributed by atoms with van der Waals surface area (Å²) in [5.41, 5.74) is 3.87. The molecule has 0 amide bonds. The molecule has 0 saturated heterocycles. The summed E-state index contributed by atoms with van der Waals surface area (Å²) in [6.45, 7) is 0. The van der Waals surface area contributed by atoms with Crippen molar-refractivity contribution in [2.24, 2.45) is 4.99 Å². The van der Waals surface area contributed by atoms with Gasteiger partial charge in [-0.3, -0.25) is 0 Å². The van der Waals surface area contributed by atoms with Crippen LogP contribution in [0.3, 0.4) is 0 Å². The second-order valence-electron chi connectivity index (χ2n) is 4.99. The van der Waals surface area contributed by atoms with Gasteiger partial charge in [-0.2, -0.15) is 0 Å². The third-order valence-corrected chi connectivity index (χ3v) is 3.53. The summed E-state index contributed by atoms with van der Waals surface area (Å²) in [6.07, 6.45) is 0. The van der Waals surface area contributed by atoms with E-state index in [0.717, 1.165) is 22.5 Å². The Balaban J connectivity index is 1.93. The summed E-state index contributed by atoms with van der Waals surface area (Å²) in [7, 11) is 0. The molecule has 112 valence electrons. The summed E-state index contributed by atoms with van der Waals surface area (Å²) < 4.78 is 0. The number of hydrogen-bond donors (Lipinski definition) is 1. The standard InChI is InChI=1S/C20H16N2S/c23-20(21-18-14-8-3-9-15-18)22-19(16-10-4-1-5-11-16)17-12-6-2-7-13-17/h1-15H,(H,21,23). The van der Waals surface area contributed by atoms with Crippen LogP contribution in [0.15, 0.2) is 96.0 Å². The van der Waals surface area contributed by atoms with Crippen molar-refractivity contribution >= 4 is 28.7 Å². The lowest BCUT2D eigenvalue weighted by molar-refractivity contribution is 1.53. The van der Waals surface area contributed by atoms with Crippen molar-refractivity contribution in [3.63, 3.8) is 0 Å². The van der Waals surface area contributed by atoms with Crippen molar-refractivity contribution in [1.82, 2.24) is 0 Å².